The molecule has 0 aromatic heterocycles. The first kappa shape index (κ1) is 15.5. The molecule has 0 radical (unpaired) electrons. The fourth-order valence-corrected chi connectivity index (χ4v) is 2.92. The minimum atomic E-state index is -1.07. The van der Waals surface area contributed by atoms with Crippen molar-refractivity contribution in [2.45, 2.75) is 18.9 Å². The third kappa shape index (κ3) is 3.05. The quantitative estimate of drug-likeness (QED) is 0.888. The molecule has 2 saturated heterocycles. The number of carboxylic acid groups (broad SMARTS) is 1. The van der Waals surface area contributed by atoms with Crippen LogP contribution in [0, 0.1) is 0 Å². The van der Waals surface area contributed by atoms with Gasteiger partial charge in [-0.1, -0.05) is 0 Å². The van der Waals surface area contributed by atoms with E-state index in [0.717, 1.165) is 12.1 Å². The van der Waals surface area contributed by atoms with Crippen LogP contribution in [0.4, 0.5) is 5.69 Å². The van der Waals surface area contributed by atoms with Gasteiger partial charge in [0.15, 0.2) is 6.04 Å². The van der Waals surface area contributed by atoms with Crippen molar-refractivity contribution in [1.29, 1.82) is 0 Å². The summed E-state index contributed by atoms with van der Waals surface area (Å²) in [4.78, 5) is 38.5. The van der Waals surface area contributed by atoms with E-state index in [9.17, 15) is 19.5 Å². The van der Waals surface area contributed by atoms with Crippen molar-refractivity contribution in [2.75, 3.05) is 31.2 Å². The van der Waals surface area contributed by atoms with Crippen molar-refractivity contribution in [3.8, 4) is 0 Å². The van der Waals surface area contributed by atoms with Crippen LogP contribution in [-0.2, 0) is 14.3 Å². The smallest absolute Gasteiger partial charge is 0.328 e. The highest BCUT2D eigenvalue weighted by Gasteiger charge is 2.33. The molecule has 1 atom stereocenters. The zero-order valence-corrected chi connectivity index (χ0v) is 12.6. The van der Waals surface area contributed by atoms with Gasteiger partial charge in [-0.15, -0.1) is 0 Å². The summed E-state index contributed by atoms with van der Waals surface area (Å²) >= 11 is 0. The Balaban J connectivity index is 1.77. The summed E-state index contributed by atoms with van der Waals surface area (Å²) in [7, 11) is 0. The Morgan fingerprint density at radius 2 is 1.91 bits per heavy atom. The zero-order valence-electron chi connectivity index (χ0n) is 12.6. The number of morpholine rings is 1. The van der Waals surface area contributed by atoms with E-state index in [1.54, 1.807) is 29.2 Å². The number of rotatable bonds is 3. The monoisotopic (exact) mass is 318 g/mol. The predicted molar refractivity (Wildman–Crippen MR) is 81.3 cm³/mol. The average molecular weight is 318 g/mol. The number of carbonyl (C=O) groups excluding carboxylic acids is 2. The number of benzene rings is 1. The van der Waals surface area contributed by atoms with Gasteiger partial charge in [0.05, 0.1) is 13.2 Å². The molecule has 2 fully saturated rings. The van der Waals surface area contributed by atoms with Crippen molar-refractivity contribution >= 4 is 23.5 Å². The molecule has 2 aliphatic rings. The SMILES string of the molecule is O=C(O)C1COCCN1C(=O)c1ccc(N2CCCC2=O)cc1. The minimum Gasteiger partial charge on any atom is -0.480 e. The summed E-state index contributed by atoms with van der Waals surface area (Å²) in [6.07, 6.45) is 1.39. The van der Waals surface area contributed by atoms with E-state index in [1.807, 2.05) is 0 Å². The van der Waals surface area contributed by atoms with Crippen LogP contribution in [0.25, 0.3) is 0 Å². The number of ether oxygens (including phenoxy) is 1. The molecule has 0 aliphatic carbocycles. The van der Waals surface area contributed by atoms with Gasteiger partial charge in [-0.3, -0.25) is 9.59 Å². The second kappa shape index (κ2) is 6.37. The largest absolute Gasteiger partial charge is 0.480 e. The lowest BCUT2D eigenvalue weighted by molar-refractivity contribution is -0.147. The Kier molecular flexibility index (Phi) is 4.29. The molecule has 7 nitrogen and oxygen atoms in total. The molecule has 2 aliphatic heterocycles. The van der Waals surface area contributed by atoms with Gasteiger partial charge in [0.25, 0.3) is 5.91 Å². The Bertz CT molecular complexity index is 628. The maximum Gasteiger partial charge on any atom is 0.328 e. The molecule has 0 spiro atoms. The second-order valence-electron chi connectivity index (χ2n) is 5.62. The molecular weight excluding hydrogens is 300 g/mol. The number of nitrogens with zero attached hydrogens (tertiary/aromatic N) is 2. The van der Waals surface area contributed by atoms with E-state index in [-0.39, 0.29) is 25.0 Å². The molecule has 122 valence electrons. The summed E-state index contributed by atoms with van der Waals surface area (Å²) in [5.41, 5.74) is 1.18. The van der Waals surface area contributed by atoms with Gasteiger partial charge in [-0.05, 0) is 30.7 Å². The first-order valence-electron chi connectivity index (χ1n) is 7.60. The summed E-state index contributed by atoms with van der Waals surface area (Å²) in [5, 5.41) is 9.20. The van der Waals surface area contributed by atoms with Crippen molar-refractivity contribution in [1.82, 2.24) is 4.90 Å². The predicted octanol–water partition coefficient (Wildman–Crippen LogP) is 0.739. The molecule has 1 unspecified atom stereocenters. The molecule has 23 heavy (non-hydrogen) atoms. The number of amides is 2. The summed E-state index contributed by atoms with van der Waals surface area (Å²) < 4.78 is 5.14. The first-order chi connectivity index (χ1) is 11.1. The lowest BCUT2D eigenvalue weighted by Crippen LogP contribution is -2.52. The topological polar surface area (TPSA) is 87.2 Å². The van der Waals surface area contributed by atoms with Gasteiger partial charge in [-0.2, -0.15) is 0 Å². The van der Waals surface area contributed by atoms with Gasteiger partial charge >= 0.3 is 5.97 Å². The van der Waals surface area contributed by atoms with Crippen molar-refractivity contribution < 1.29 is 24.2 Å². The van der Waals surface area contributed by atoms with E-state index < -0.39 is 12.0 Å². The molecule has 1 aromatic carbocycles. The maximum atomic E-state index is 12.5. The zero-order chi connectivity index (χ0) is 16.4. The second-order valence-corrected chi connectivity index (χ2v) is 5.62. The lowest BCUT2D eigenvalue weighted by atomic mass is 10.1. The molecular formula is C16H18N2O5. The third-order valence-electron chi connectivity index (χ3n) is 4.17. The minimum absolute atomic E-state index is 0.00143. The van der Waals surface area contributed by atoms with Crippen LogP contribution >= 0.6 is 0 Å². The van der Waals surface area contributed by atoms with Crippen molar-refractivity contribution in [2.24, 2.45) is 0 Å². The first-order valence-corrected chi connectivity index (χ1v) is 7.60. The molecule has 3 rings (SSSR count). The summed E-state index contributed by atoms with van der Waals surface area (Å²) in [5.74, 6) is -1.32. The van der Waals surface area contributed by atoms with Gasteiger partial charge in [0.2, 0.25) is 5.91 Å². The van der Waals surface area contributed by atoms with Crippen molar-refractivity contribution in [3.05, 3.63) is 29.8 Å². The van der Waals surface area contributed by atoms with Gasteiger partial charge in [0.1, 0.15) is 0 Å². The van der Waals surface area contributed by atoms with Crippen LogP contribution in [0.5, 0.6) is 0 Å². The molecule has 0 bridgehead atoms. The summed E-state index contributed by atoms with van der Waals surface area (Å²) in [6.45, 7) is 1.27. The van der Waals surface area contributed by atoms with E-state index in [1.165, 1.54) is 4.90 Å². The highest BCUT2D eigenvalue weighted by Crippen LogP contribution is 2.22. The Labute approximate surface area is 133 Å². The van der Waals surface area contributed by atoms with E-state index >= 15 is 0 Å². The number of hydrogen-bond acceptors (Lipinski definition) is 4. The van der Waals surface area contributed by atoms with Crippen LogP contribution in [0.3, 0.4) is 0 Å². The van der Waals surface area contributed by atoms with E-state index in [2.05, 4.69) is 0 Å². The highest BCUT2D eigenvalue weighted by molar-refractivity contribution is 5.98. The van der Waals surface area contributed by atoms with Crippen molar-refractivity contribution in [3.63, 3.8) is 0 Å². The molecule has 7 heteroatoms. The number of carbonyl (C=O) groups is 3. The fourth-order valence-electron chi connectivity index (χ4n) is 2.92. The van der Waals surface area contributed by atoms with Gasteiger partial charge in [-0.25, -0.2) is 4.79 Å². The Hall–Kier alpha value is -2.41. The Morgan fingerprint density at radius 1 is 1.17 bits per heavy atom. The maximum absolute atomic E-state index is 12.5. The van der Waals surface area contributed by atoms with Gasteiger partial charge in [0, 0.05) is 30.8 Å². The average Bonchev–Trinajstić information content (AvgIpc) is 3.00. The number of aliphatic carboxylic acids is 1. The number of hydrogen-bond donors (Lipinski definition) is 1. The molecule has 0 saturated carbocycles. The van der Waals surface area contributed by atoms with Crippen LogP contribution in [-0.4, -0.2) is 60.1 Å². The summed E-state index contributed by atoms with van der Waals surface area (Å²) in [6, 6.07) is 5.77. The number of carboxylic acids is 1. The van der Waals surface area contributed by atoms with Crippen LogP contribution < -0.4 is 4.90 Å². The third-order valence-corrected chi connectivity index (χ3v) is 4.17. The van der Waals surface area contributed by atoms with Crippen LogP contribution in [0.15, 0.2) is 24.3 Å². The number of anilines is 1. The van der Waals surface area contributed by atoms with E-state index in [4.69, 9.17) is 4.74 Å². The standard InChI is InChI=1S/C16H18N2O5/c19-14-2-1-7-17(14)12-5-3-11(4-6-12)15(20)18-8-9-23-10-13(18)16(21)22/h3-6,13H,1-2,7-10H2,(H,21,22). The normalized spacial score (nSPS) is 21.6. The van der Waals surface area contributed by atoms with Crippen LogP contribution in [0.1, 0.15) is 23.2 Å². The molecule has 1 aromatic rings. The fraction of sp³-hybridized carbons (Fsp3) is 0.438. The Morgan fingerprint density at radius 3 is 2.52 bits per heavy atom. The highest BCUT2D eigenvalue weighted by atomic mass is 16.5. The van der Waals surface area contributed by atoms with Gasteiger partial charge < -0.3 is 19.6 Å². The molecule has 1 N–H and O–H groups in total. The molecule has 2 amide bonds. The molecule has 2 heterocycles. The lowest BCUT2D eigenvalue weighted by Gasteiger charge is -2.33. The van der Waals surface area contributed by atoms with Crippen LogP contribution in [0.2, 0.25) is 0 Å². The van der Waals surface area contributed by atoms with E-state index in [0.29, 0.717) is 25.1 Å².